The topological polar surface area (TPSA) is 83.7 Å². The van der Waals surface area contributed by atoms with Crippen molar-refractivity contribution in [1.29, 1.82) is 0 Å². The molecule has 0 fully saturated rings. The highest BCUT2D eigenvalue weighted by Crippen LogP contribution is 2.26. The summed E-state index contributed by atoms with van der Waals surface area (Å²) in [6.07, 6.45) is 2.37. The first-order valence-electron chi connectivity index (χ1n) is 9.36. The van der Waals surface area contributed by atoms with E-state index in [1.54, 1.807) is 24.1 Å². The van der Waals surface area contributed by atoms with Gasteiger partial charge in [0.25, 0.3) is 0 Å². The number of ether oxygens (including phenoxy) is 1. The van der Waals surface area contributed by atoms with Crippen LogP contribution in [0.15, 0.2) is 36.5 Å². The molecule has 1 heterocycles. The summed E-state index contributed by atoms with van der Waals surface area (Å²) >= 11 is 0. The van der Waals surface area contributed by atoms with Crippen LogP contribution in [0.3, 0.4) is 0 Å². The largest absolute Gasteiger partial charge is 0.454 e. The summed E-state index contributed by atoms with van der Waals surface area (Å²) in [5.41, 5.74) is 5.85. The fourth-order valence-corrected chi connectivity index (χ4v) is 2.65. The molecular formula is C20H28FN5O2. The number of urea groups is 1. The van der Waals surface area contributed by atoms with Crippen molar-refractivity contribution in [2.24, 2.45) is 0 Å². The summed E-state index contributed by atoms with van der Waals surface area (Å²) in [5, 5.41) is 2.73. The number of nitrogens with two attached hydrogens (primary N) is 1. The minimum absolute atomic E-state index is 0.0474. The maximum Gasteiger partial charge on any atom is 0.322 e. The molecule has 2 aromatic rings. The number of aromatic nitrogens is 1. The monoisotopic (exact) mass is 389 g/mol. The van der Waals surface area contributed by atoms with Gasteiger partial charge in [-0.25, -0.2) is 14.2 Å². The second-order valence-corrected chi connectivity index (χ2v) is 6.40. The second kappa shape index (κ2) is 10.5. The molecule has 0 spiro atoms. The average molecular weight is 389 g/mol. The summed E-state index contributed by atoms with van der Waals surface area (Å²) in [6, 6.07) is 7.05. The Hall–Kier alpha value is -2.87. The van der Waals surface area contributed by atoms with Crippen molar-refractivity contribution in [2.75, 3.05) is 44.3 Å². The Bertz CT molecular complexity index is 783. The molecule has 0 aliphatic carbocycles. The summed E-state index contributed by atoms with van der Waals surface area (Å²) in [5.74, 6) is 0.175. The molecule has 0 aliphatic rings. The maximum atomic E-state index is 13.9. The lowest BCUT2D eigenvalue weighted by Gasteiger charge is -2.21. The average Bonchev–Trinajstić information content (AvgIpc) is 2.67. The molecule has 1 aromatic heterocycles. The van der Waals surface area contributed by atoms with E-state index in [2.05, 4.69) is 29.0 Å². The van der Waals surface area contributed by atoms with Gasteiger partial charge in [-0.2, -0.15) is 0 Å². The Balaban J connectivity index is 1.91. The lowest BCUT2D eigenvalue weighted by Crippen LogP contribution is -2.34. The number of rotatable bonds is 9. The van der Waals surface area contributed by atoms with Gasteiger partial charge in [-0.1, -0.05) is 13.8 Å². The van der Waals surface area contributed by atoms with Crippen LogP contribution >= 0.6 is 0 Å². The van der Waals surface area contributed by atoms with Crippen molar-refractivity contribution in [2.45, 2.75) is 20.3 Å². The zero-order valence-corrected chi connectivity index (χ0v) is 16.6. The predicted octanol–water partition coefficient (Wildman–Crippen LogP) is 3.79. The number of benzene rings is 1. The Labute approximate surface area is 165 Å². The fourth-order valence-electron chi connectivity index (χ4n) is 2.65. The van der Waals surface area contributed by atoms with E-state index in [1.165, 1.54) is 24.4 Å². The van der Waals surface area contributed by atoms with Crippen LogP contribution in [0.25, 0.3) is 0 Å². The molecule has 0 saturated heterocycles. The van der Waals surface area contributed by atoms with Gasteiger partial charge in [-0.05, 0) is 44.3 Å². The smallest absolute Gasteiger partial charge is 0.322 e. The SMILES string of the molecule is CCN(CC)CCCN(C)C(=O)Nc1cc(Oc2ccc(N)cc2F)ccn1. The van der Waals surface area contributed by atoms with Crippen LogP contribution in [0.2, 0.25) is 0 Å². The third-order valence-corrected chi connectivity index (χ3v) is 4.36. The lowest BCUT2D eigenvalue weighted by molar-refractivity contribution is 0.217. The number of nitrogens with zero attached hydrogens (tertiary/aromatic N) is 3. The molecule has 152 valence electrons. The summed E-state index contributed by atoms with van der Waals surface area (Å²) in [6.45, 7) is 7.82. The number of anilines is 2. The highest BCUT2D eigenvalue weighted by atomic mass is 19.1. The maximum absolute atomic E-state index is 13.9. The highest BCUT2D eigenvalue weighted by molar-refractivity contribution is 5.88. The first-order valence-corrected chi connectivity index (χ1v) is 9.36. The number of pyridine rings is 1. The van der Waals surface area contributed by atoms with E-state index in [1.807, 2.05) is 0 Å². The van der Waals surface area contributed by atoms with Crippen molar-refractivity contribution < 1.29 is 13.9 Å². The minimum atomic E-state index is -0.560. The van der Waals surface area contributed by atoms with E-state index < -0.39 is 5.82 Å². The zero-order chi connectivity index (χ0) is 20.5. The van der Waals surface area contributed by atoms with Crippen molar-refractivity contribution in [1.82, 2.24) is 14.8 Å². The van der Waals surface area contributed by atoms with Crippen molar-refractivity contribution in [3.05, 3.63) is 42.3 Å². The number of hydrogen-bond donors (Lipinski definition) is 2. The molecule has 2 amide bonds. The molecular weight excluding hydrogens is 361 g/mol. The molecule has 0 radical (unpaired) electrons. The van der Waals surface area contributed by atoms with Gasteiger partial charge >= 0.3 is 6.03 Å². The van der Waals surface area contributed by atoms with Crippen LogP contribution in [0, 0.1) is 5.82 Å². The van der Waals surface area contributed by atoms with Gasteiger partial charge < -0.3 is 20.3 Å². The molecule has 28 heavy (non-hydrogen) atoms. The second-order valence-electron chi connectivity index (χ2n) is 6.40. The van der Waals surface area contributed by atoms with Gasteiger partial charge in [0.2, 0.25) is 0 Å². The van der Waals surface area contributed by atoms with E-state index in [-0.39, 0.29) is 11.8 Å². The van der Waals surface area contributed by atoms with Crippen molar-refractivity contribution in [3.8, 4) is 11.5 Å². The van der Waals surface area contributed by atoms with Gasteiger partial charge in [-0.15, -0.1) is 0 Å². The number of nitrogens with one attached hydrogen (secondary N) is 1. The normalized spacial score (nSPS) is 10.8. The third-order valence-electron chi connectivity index (χ3n) is 4.36. The Morgan fingerprint density at radius 3 is 2.64 bits per heavy atom. The molecule has 0 saturated carbocycles. The molecule has 0 atom stereocenters. The fraction of sp³-hybridized carbons (Fsp3) is 0.400. The highest BCUT2D eigenvalue weighted by Gasteiger charge is 2.11. The number of carbonyl (C=O) groups excluding carboxylic acids is 1. The van der Waals surface area contributed by atoms with Gasteiger partial charge in [0.05, 0.1) is 0 Å². The van der Waals surface area contributed by atoms with Crippen LogP contribution in [0.4, 0.5) is 20.7 Å². The van der Waals surface area contributed by atoms with Gasteiger partial charge in [0.1, 0.15) is 11.6 Å². The molecule has 0 unspecified atom stereocenters. The molecule has 8 heteroatoms. The number of carbonyl (C=O) groups is 1. The molecule has 1 aromatic carbocycles. The number of hydrogen-bond acceptors (Lipinski definition) is 5. The van der Waals surface area contributed by atoms with Gasteiger partial charge in [0.15, 0.2) is 11.6 Å². The van der Waals surface area contributed by atoms with Crippen molar-refractivity contribution in [3.63, 3.8) is 0 Å². The van der Waals surface area contributed by atoms with Gasteiger partial charge in [-0.3, -0.25) is 5.32 Å². The van der Waals surface area contributed by atoms with Crippen molar-refractivity contribution >= 4 is 17.5 Å². The first-order chi connectivity index (χ1) is 13.4. The zero-order valence-electron chi connectivity index (χ0n) is 16.6. The molecule has 0 aliphatic heterocycles. The standard InChI is InChI=1S/C20H28FN5O2/c1-4-26(5-2)12-6-11-25(3)20(27)24-19-14-16(9-10-23-19)28-18-8-7-15(22)13-17(18)21/h7-10,13-14H,4-6,11-12,22H2,1-3H3,(H,23,24,27). The van der Waals surface area contributed by atoms with Crippen LogP contribution in [0.1, 0.15) is 20.3 Å². The van der Waals surface area contributed by atoms with E-state index in [4.69, 9.17) is 10.5 Å². The van der Waals surface area contributed by atoms with E-state index in [9.17, 15) is 9.18 Å². The third kappa shape index (κ3) is 6.38. The molecule has 7 nitrogen and oxygen atoms in total. The summed E-state index contributed by atoms with van der Waals surface area (Å²) < 4.78 is 19.4. The molecule has 0 bridgehead atoms. The van der Waals surface area contributed by atoms with Crippen LogP contribution in [0.5, 0.6) is 11.5 Å². The minimum Gasteiger partial charge on any atom is -0.454 e. The van der Waals surface area contributed by atoms with Gasteiger partial charge in [0, 0.05) is 37.6 Å². The number of halogens is 1. The quantitative estimate of drug-likeness (QED) is 0.638. The van der Waals surface area contributed by atoms with E-state index in [0.29, 0.717) is 23.8 Å². The number of amides is 2. The summed E-state index contributed by atoms with van der Waals surface area (Å²) in [7, 11) is 1.74. The first kappa shape index (κ1) is 21.4. The molecule has 2 rings (SSSR count). The van der Waals surface area contributed by atoms with Crippen LogP contribution in [-0.2, 0) is 0 Å². The Morgan fingerprint density at radius 2 is 1.96 bits per heavy atom. The van der Waals surface area contributed by atoms with E-state index in [0.717, 1.165) is 26.1 Å². The van der Waals surface area contributed by atoms with E-state index >= 15 is 0 Å². The Kier molecular flexibility index (Phi) is 8.01. The van der Waals surface area contributed by atoms with Crippen LogP contribution in [-0.4, -0.2) is 54.0 Å². The lowest BCUT2D eigenvalue weighted by atomic mass is 10.3. The van der Waals surface area contributed by atoms with Crippen LogP contribution < -0.4 is 15.8 Å². The number of nitrogen functional groups attached to an aromatic ring is 1. The summed E-state index contributed by atoms with van der Waals surface area (Å²) in [4.78, 5) is 20.4. The Morgan fingerprint density at radius 1 is 1.21 bits per heavy atom. The molecule has 3 N–H and O–H groups in total. The predicted molar refractivity (Wildman–Crippen MR) is 109 cm³/mol.